The number of sulfonamides is 1. The number of benzene rings is 2. The molecule has 0 saturated heterocycles. The predicted octanol–water partition coefficient (Wildman–Crippen LogP) is 4.70. The Hall–Kier alpha value is -2.20. The van der Waals surface area contributed by atoms with Gasteiger partial charge in [0, 0.05) is 5.56 Å². The van der Waals surface area contributed by atoms with Crippen molar-refractivity contribution in [3.05, 3.63) is 58.6 Å². The maximum Gasteiger partial charge on any atom is 0.250 e. The third-order valence-corrected chi connectivity index (χ3v) is 6.97. The summed E-state index contributed by atoms with van der Waals surface area (Å²) in [5.74, 6) is -0.523. The number of carbonyl (C=O) groups excluding carboxylic acids is 1. The number of halogens is 2. The summed E-state index contributed by atoms with van der Waals surface area (Å²) in [6, 6.07) is 12.8. The van der Waals surface area contributed by atoms with E-state index in [9.17, 15) is 13.2 Å². The number of amides is 1. The quantitative estimate of drug-likeness (QED) is 0.524. The van der Waals surface area contributed by atoms with E-state index in [-0.39, 0.29) is 27.3 Å². The van der Waals surface area contributed by atoms with Gasteiger partial charge in [-0.3, -0.25) is 14.4 Å². The van der Waals surface area contributed by atoms with Crippen LogP contribution in [0.15, 0.2) is 48.5 Å². The largest absolute Gasteiger partial charge is 0.299 e. The average molecular weight is 485 g/mol. The van der Waals surface area contributed by atoms with Crippen molar-refractivity contribution in [2.45, 2.75) is 19.4 Å². The van der Waals surface area contributed by atoms with Crippen LogP contribution in [0.1, 0.15) is 13.3 Å². The number of hydrogen-bond acceptors (Lipinski definition) is 6. The average Bonchev–Trinajstić information content (AvgIpc) is 3.16. The zero-order chi connectivity index (χ0) is 21.9. The summed E-state index contributed by atoms with van der Waals surface area (Å²) in [7, 11) is -3.80. The molecule has 0 radical (unpaired) electrons. The Balaban J connectivity index is 1.88. The Morgan fingerprint density at radius 2 is 1.83 bits per heavy atom. The van der Waals surface area contributed by atoms with Crippen molar-refractivity contribution in [3.8, 4) is 10.6 Å². The highest BCUT2D eigenvalue weighted by Gasteiger charge is 2.32. The number of carbonyl (C=O) groups is 1. The van der Waals surface area contributed by atoms with Gasteiger partial charge in [0.25, 0.3) is 0 Å². The Kier molecular flexibility index (Phi) is 6.97. The molecule has 3 rings (SSSR count). The third kappa shape index (κ3) is 5.10. The van der Waals surface area contributed by atoms with Crippen molar-refractivity contribution >= 4 is 61.3 Å². The molecular formula is C19H18Cl2N4O3S2. The summed E-state index contributed by atoms with van der Waals surface area (Å²) < 4.78 is 26.1. The lowest BCUT2D eigenvalue weighted by Crippen LogP contribution is -2.47. The molecule has 3 aromatic rings. The van der Waals surface area contributed by atoms with Crippen molar-refractivity contribution in [2.24, 2.45) is 0 Å². The monoisotopic (exact) mass is 484 g/mol. The first kappa shape index (κ1) is 22.5. The summed E-state index contributed by atoms with van der Waals surface area (Å²) in [6.07, 6.45) is 1.26. The van der Waals surface area contributed by atoms with Crippen LogP contribution < -0.4 is 9.62 Å². The predicted molar refractivity (Wildman–Crippen MR) is 122 cm³/mol. The van der Waals surface area contributed by atoms with E-state index < -0.39 is 22.0 Å². The number of rotatable bonds is 7. The lowest BCUT2D eigenvalue weighted by molar-refractivity contribution is -0.117. The van der Waals surface area contributed by atoms with Gasteiger partial charge in [0.15, 0.2) is 0 Å². The molecule has 1 amide bonds. The Morgan fingerprint density at radius 1 is 1.13 bits per heavy atom. The molecule has 30 heavy (non-hydrogen) atoms. The number of nitrogens with one attached hydrogen (secondary N) is 1. The first-order chi connectivity index (χ1) is 14.2. The summed E-state index contributed by atoms with van der Waals surface area (Å²) in [5.41, 5.74) is 1.12. The molecule has 0 saturated carbocycles. The van der Waals surface area contributed by atoms with Crippen LogP contribution in [0.3, 0.4) is 0 Å². The Morgan fingerprint density at radius 3 is 2.43 bits per heavy atom. The second-order valence-electron chi connectivity index (χ2n) is 6.35. The fourth-order valence-corrected chi connectivity index (χ4v) is 5.09. The van der Waals surface area contributed by atoms with E-state index >= 15 is 0 Å². The van der Waals surface area contributed by atoms with Crippen LogP contribution in [0, 0.1) is 0 Å². The Labute approximate surface area is 188 Å². The summed E-state index contributed by atoms with van der Waals surface area (Å²) >= 11 is 13.2. The second kappa shape index (κ2) is 9.30. The van der Waals surface area contributed by atoms with Gasteiger partial charge < -0.3 is 0 Å². The maximum absolute atomic E-state index is 13.0. The standard InChI is InChI=1S/C19H18Cl2N4O3S2/c1-3-16(25(30(2,27)28)13-9-10-14(20)15(21)11-13)17(26)22-19-24-23-18(29-19)12-7-5-4-6-8-12/h4-11,16H,3H2,1-2H3,(H,22,24,26). The highest BCUT2D eigenvalue weighted by Crippen LogP contribution is 2.31. The summed E-state index contributed by atoms with van der Waals surface area (Å²) in [4.78, 5) is 13.0. The summed E-state index contributed by atoms with van der Waals surface area (Å²) in [6.45, 7) is 1.72. The number of anilines is 2. The maximum atomic E-state index is 13.0. The van der Waals surface area contributed by atoms with Gasteiger partial charge >= 0.3 is 0 Å². The molecule has 0 aliphatic carbocycles. The molecule has 11 heteroatoms. The van der Waals surface area contributed by atoms with E-state index in [2.05, 4.69) is 15.5 Å². The van der Waals surface area contributed by atoms with Crippen LogP contribution in [0.2, 0.25) is 10.0 Å². The van der Waals surface area contributed by atoms with E-state index in [0.29, 0.717) is 5.01 Å². The van der Waals surface area contributed by atoms with E-state index in [0.717, 1.165) is 16.1 Å². The molecule has 0 bridgehead atoms. The van der Waals surface area contributed by atoms with Gasteiger partial charge in [-0.25, -0.2) is 8.42 Å². The number of hydrogen-bond donors (Lipinski definition) is 1. The minimum Gasteiger partial charge on any atom is -0.299 e. The molecule has 1 atom stereocenters. The summed E-state index contributed by atoms with van der Waals surface area (Å²) in [5, 5.41) is 12.2. The fourth-order valence-electron chi connectivity index (χ4n) is 2.84. The lowest BCUT2D eigenvalue weighted by Gasteiger charge is -2.30. The topological polar surface area (TPSA) is 92.3 Å². The van der Waals surface area contributed by atoms with E-state index in [1.807, 2.05) is 30.3 Å². The molecule has 0 aliphatic rings. The molecule has 1 heterocycles. The van der Waals surface area contributed by atoms with Gasteiger partial charge in [-0.1, -0.05) is 71.8 Å². The third-order valence-electron chi connectivity index (χ3n) is 4.16. The SMILES string of the molecule is CCC(C(=O)Nc1nnc(-c2ccccc2)s1)N(c1ccc(Cl)c(Cl)c1)S(C)(=O)=O. The van der Waals surface area contributed by atoms with Crippen LogP contribution in [0.25, 0.3) is 10.6 Å². The van der Waals surface area contributed by atoms with Crippen molar-refractivity contribution in [1.82, 2.24) is 10.2 Å². The van der Waals surface area contributed by atoms with Crippen molar-refractivity contribution in [3.63, 3.8) is 0 Å². The number of aromatic nitrogens is 2. The molecule has 1 N–H and O–H groups in total. The van der Waals surface area contributed by atoms with Gasteiger partial charge in [-0.05, 0) is 24.6 Å². The molecule has 0 spiro atoms. The van der Waals surface area contributed by atoms with Gasteiger partial charge in [0.05, 0.1) is 22.0 Å². The molecular weight excluding hydrogens is 467 g/mol. The molecule has 1 unspecified atom stereocenters. The van der Waals surface area contributed by atoms with E-state index in [1.165, 1.54) is 29.5 Å². The first-order valence-corrected chi connectivity index (χ1v) is 12.3. The van der Waals surface area contributed by atoms with Crippen LogP contribution in [0.5, 0.6) is 0 Å². The van der Waals surface area contributed by atoms with Crippen molar-refractivity contribution < 1.29 is 13.2 Å². The zero-order valence-electron chi connectivity index (χ0n) is 16.0. The molecule has 1 aromatic heterocycles. The van der Waals surface area contributed by atoms with Gasteiger partial charge in [-0.2, -0.15) is 0 Å². The van der Waals surface area contributed by atoms with Gasteiger partial charge in [-0.15, -0.1) is 10.2 Å². The van der Waals surface area contributed by atoms with Crippen LogP contribution in [-0.2, 0) is 14.8 Å². The molecule has 7 nitrogen and oxygen atoms in total. The molecule has 0 aliphatic heterocycles. The van der Waals surface area contributed by atoms with E-state index in [4.69, 9.17) is 23.2 Å². The fraction of sp³-hybridized carbons (Fsp3) is 0.211. The minimum atomic E-state index is -3.80. The van der Waals surface area contributed by atoms with Crippen LogP contribution >= 0.6 is 34.5 Å². The second-order valence-corrected chi connectivity index (χ2v) is 10.0. The normalized spacial score (nSPS) is 12.4. The highest BCUT2D eigenvalue weighted by molar-refractivity contribution is 7.92. The van der Waals surface area contributed by atoms with Crippen LogP contribution in [0.4, 0.5) is 10.8 Å². The first-order valence-electron chi connectivity index (χ1n) is 8.85. The van der Waals surface area contributed by atoms with Crippen molar-refractivity contribution in [1.29, 1.82) is 0 Å². The molecule has 0 fully saturated rings. The van der Waals surface area contributed by atoms with Gasteiger partial charge in [0.1, 0.15) is 11.0 Å². The smallest absolute Gasteiger partial charge is 0.250 e. The zero-order valence-corrected chi connectivity index (χ0v) is 19.2. The van der Waals surface area contributed by atoms with Crippen molar-refractivity contribution in [2.75, 3.05) is 15.9 Å². The highest BCUT2D eigenvalue weighted by atomic mass is 35.5. The minimum absolute atomic E-state index is 0.190. The Bertz CT molecular complexity index is 1150. The molecule has 158 valence electrons. The molecule has 2 aromatic carbocycles. The van der Waals surface area contributed by atoms with E-state index in [1.54, 1.807) is 6.92 Å². The van der Waals surface area contributed by atoms with Gasteiger partial charge in [0.2, 0.25) is 21.1 Å². The van der Waals surface area contributed by atoms with Crippen LogP contribution in [-0.4, -0.2) is 36.8 Å². The number of nitrogens with zero attached hydrogens (tertiary/aromatic N) is 3. The lowest BCUT2D eigenvalue weighted by atomic mass is 10.2.